The van der Waals surface area contributed by atoms with E-state index in [1.165, 1.54) is 6.42 Å². The van der Waals surface area contributed by atoms with Crippen molar-refractivity contribution in [2.24, 2.45) is 0 Å². The summed E-state index contributed by atoms with van der Waals surface area (Å²) >= 11 is 5.99. The molecule has 0 saturated carbocycles. The smallest absolute Gasteiger partial charge is 0.0844 e. The van der Waals surface area contributed by atoms with E-state index in [1.54, 1.807) is 0 Å². The topological polar surface area (TPSA) is 17.8 Å². The Balaban J connectivity index is 2.79. The lowest BCUT2D eigenvalue weighted by Crippen LogP contribution is -2.01. The van der Waals surface area contributed by atoms with E-state index in [9.17, 15) is 0 Å². The predicted octanol–water partition coefficient (Wildman–Crippen LogP) is 2.95. The number of aryl methyl sites for hydroxylation is 2. The highest BCUT2D eigenvalue weighted by Crippen LogP contribution is 2.18. The highest BCUT2D eigenvalue weighted by atomic mass is 35.5. The van der Waals surface area contributed by atoms with Crippen molar-refractivity contribution in [3.8, 4) is 0 Å². The van der Waals surface area contributed by atoms with Crippen LogP contribution in [0.25, 0.3) is 0 Å². The van der Waals surface area contributed by atoms with Crippen LogP contribution < -0.4 is 0 Å². The number of aromatic nitrogens is 2. The third-order valence-electron chi connectivity index (χ3n) is 2.02. The summed E-state index contributed by atoms with van der Waals surface area (Å²) in [7, 11) is 0. The molecular formula is C9H15ClN2. The maximum Gasteiger partial charge on any atom is 0.0844 e. The van der Waals surface area contributed by atoms with Crippen molar-refractivity contribution in [2.75, 3.05) is 0 Å². The summed E-state index contributed by atoms with van der Waals surface area (Å²) in [5.41, 5.74) is 2.02. The van der Waals surface area contributed by atoms with Crippen molar-refractivity contribution < 1.29 is 0 Å². The Bertz CT molecular complexity index is 266. The fraction of sp³-hybridized carbons (Fsp3) is 0.667. The quantitative estimate of drug-likeness (QED) is 0.710. The van der Waals surface area contributed by atoms with E-state index in [4.69, 9.17) is 11.6 Å². The van der Waals surface area contributed by atoms with Gasteiger partial charge in [-0.3, -0.25) is 4.68 Å². The van der Waals surface area contributed by atoms with Crippen LogP contribution in [0.1, 0.15) is 31.2 Å². The van der Waals surface area contributed by atoms with Gasteiger partial charge in [0.15, 0.2) is 0 Å². The molecule has 1 rings (SSSR count). The van der Waals surface area contributed by atoms with Crippen LogP contribution in [0.4, 0.5) is 0 Å². The Hall–Kier alpha value is -0.500. The van der Waals surface area contributed by atoms with Gasteiger partial charge in [0.25, 0.3) is 0 Å². The van der Waals surface area contributed by atoms with Gasteiger partial charge in [-0.05, 0) is 20.3 Å². The molecule has 0 aliphatic rings. The molecular weight excluding hydrogens is 172 g/mol. The van der Waals surface area contributed by atoms with Gasteiger partial charge in [-0.2, -0.15) is 5.10 Å². The predicted molar refractivity (Wildman–Crippen MR) is 51.6 cm³/mol. The maximum atomic E-state index is 5.99. The molecule has 0 aliphatic heterocycles. The summed E-state index contributed by atoms with van der Waals surface area (Å²) in [6.07, 6.45) is 2.36. The van der Waals surface area contributed by atoms with Crippen molar-refractivity contribution in [3.05, 3.63) is 16.4 Å². The largest absolute Gasteiger partial charge is 0.268 e. The van der Waals surface area contributed by atoms with Gasteiger partial charge >= 0.3 is 0 Å². The zero-order chi connectivity index (χ0) is 9.14. The molecule has 0 aromatic carbocycles. The van der Waals surface area contributed by atoms with Crippen LogP contribution in [0.3, 0.4) is 0 Å². The number of halogens is 1. The Labute approximate surface area is 78.5 Å². The van der Waals surface area contributed by atoms with E-state index in [2.05, 4.69) is 12.0 Å². The minimum Gasteiger partial charge on any atom is -0.268 e. The molecule has 3 heteroatoms. The SMILES string of the molecule is CCCCn1nc(C)c(Cl)c1C. The van der Waals surface area contributed by atoms with Crippen LogP contribution in [0, 0.1) is 13.8 Å². The molecule has 0 amide bonds. The first kappa shape index (κ1) is 9.59. The summed E-state index contributed by atoms with van der Waals surface area (Å²) in [5.74, 6) is 0. The number of hydrogen-bond acceptors (Lipinski definition) is 1. The van der Waals surface area contributed by atoms with Crippen molar-refractivity contribution >= 4 is 11.6 Å². The molecule has 0 aliphatic carbocycles. The number of nitrogens with zero attached hydrogens (tertiary/aromatic N) is 2. The Kier molecular flexibility index (Phi) is 3.15. The summed E-state index contributed by atoms with van der Waals surface area (Å²) in [4.78, 5) is 0. The molecule has 0 unspecified atom stereocenters. The molecule has 0 fully saturated rings. The van der Waals surface area contributed by atoms with Crippen LogP contribution in [0.2, 0.25) is 5.02 Å². The zero-order valence-electron chi connectivity index (χ0n) is 7.89. The first-order chi connectivity index (χ1) is 5.66. The van der Waals surface area contributed by atoms with E-state index in [1.807, 2.05) is 18.5 Å². The normalized spacial score (nSPS) is 10.7. The molecule has 0 bridgehead atoms. The zero-order valence-corrected chi connectivity index (χ0v) is 8.65. The molecule has 1 aromatic heterocycles. The lowest BCUT2D eigenvalue weighted by molar-refractivity contribution is 0.556. The second-order valence-corrected chi connectivity index (χ2v) is 3.44. The molecule has 0 spiro atoms. The van der Waals surface area contributed by atoms with Crippen molar-refractivity contribution in [1.29, 1.82) is 0 Å². The van der Waals surface area contributed by atoms with E-state index in [-0.39, 0.29) is 0 Å². The van der Waals surface area contributed by atoms with Gasteiger partial charge in [0.05, 0.1) is 16.4 Å². The second-order valence-electron chi connectivity index (χ2n) is 3.06. The summed E-state index contributed by atoms with van der Waals surface area (Å²) in [5, 5.41) is 5.14. The highest BCUT2D eigenvalue weighted by molar-refractivity contribution is 6.31. The molecule has 0 N–H and O–H groups in total. The average molecular weight is 187 g/mol. The average Bonchev–Trinajstić information content (AvgIpc) is 2.30. The van der Waals surface area contributed by atoms with Gasteiger partial charge < -0.3 is 0 Å². The standard InChI is InChI=1S/C9H15ClN2/c1-4-5-6-12-8(3)9(10)7(2)11-12/h4-6H2,1-3H3. The Morgan fingerprint density at radius 3 is 2.50 bits per heavy atom. The fourth-order valence-corrected chi connectivity index (χ4v) is 1.34. The van der Waals surface area contributed by atoms with Crippen LogP contribution in [0.5, 0.6) is 0 Å². The first-order valence-electron chi connectivity index (χ1n) is 4.36. The van der Waals surface area contributed by atoms with Gasteiger partial charge in [-0.1, -0.05) is 24.9 Å². The molecule has 0 saturated heterocycles. The number of unbranched alkanes of at least 4 members (excludes halogenated alkanes) is 1. The molecule has 68 valence electrons. The molecule has 2 nitrogen and oxygen atoms in total. The molecule has 12 heavy (non-hydrogen) atoms. The van der Waals surface area contributed by atoms with Gasteiger partial charge in [0.1, 0.15) is 0 Å². The first-order valence-corrected chi connectivity index (χ1v) is 4.74. The Morgan fingerprint density at radius 1 is 1.42 bits per heavy atom. The van der Waals surface area contributed by atoms with Gasteiger partial charge in [0, 0.05) is 6.54 Å². The van der Waals surface area contributed by atoms with Crippen molar-refractivity contribution in [2.45, 2.75) is 40.2 Å². The van der Waals surface area contributed by atoms with Crippen LogP contribution >= 0.6 is 11.6 Å². The summed E-state index contributed by atoms with van der Waals surface area (Å²) in [6.45, 7) is 7.11. The molecule has 1 aromatic rings. The summed E-state index contributed by atoms with van der Waals surface area (Å²) < 4.78 is 1.99. The minimum absolute atomic E-state index is 0.811. The van der Waals surface area contributed by atoms with Crippen LogP contribution in [-0.2, 0) is 6.54 Å². The lowest BCUT2D eigenvalue weighted by Gasteiger charge is -2.01. The van der Waals surface area contributed by atoms with E-state index in [0.717, 1.165) is 29.4 Å². The van der Waals surface area contributed by atoms with E-state index < -0.39 is 0 Å². The van der Waals surface area contributed by atoms with E-state index >= 15 is 0 Å². The molecule has 0 atom stereocenters. The lowest BCUT2D eigenvalue weighted by atomic mass is 10.3. The summed E-state index contributed by atoms with van der Waals surface area (Å²) in [6, 6.07) is 0. The van der Waals surface area contributed by atoms with Crippen LogP contribution in [-0.4, -0.2) is 9.78 Å². The van der Waals surface area contributed by atoms with Crippen molar-refractivity contribution in [3.63, 3.8) is 0 Å². The van der Waals surface area contributed by atoms with Crippen molar-refractivity contribution in [1.82, 2.24) is 9.78 Å². The third-order valence-corrected chi connectivity index (χ3v) is 2.56. The number of hydrogen-bond donors (Lipinski definition) is 0. The van der Waals surface area contributed by atoms with Crippen LogP contribution in [0.15, 0.2) is 0 Å². The van der Waals surface area contributed by atoms with Gasteiger partial charge in [-0.15, -0.1) is 0 Å². The Morgan fingerprint density at radius 2 is 2.08 bits per heavy atom. The van der Waals surface area contributed by atoms with Gasteiger partial charge in [-0.25, -0.2) is 0 Å². The van der Waals surface area contributed by atoms with Gasteiger partial charge in [0.2, 0.25) is 0 Å². The third kappa shape index (κ3) is 1.81. The maximum absolute atomic E-state index is 5.99. The monoisotopic (exact) mass is 186 g/mol. The molecule has 1 heterocycles. The highest BCUT2D eigenvalue weighted by Gasteiger charge is 2.07. The minimum atomic E-state index is 0.811. The molecule has 0 radical (unpaired) electrons. The fourth-order valence-electron chi connectivity index (χ4n) is 1.20. The van der Waals surface area contributed by atoms with E-state index in [0.29, 0.717) is 0 Å². The number of rotatable bonds is 3. The second kappa shape index (κ2) is 3.94.